The average Bonchev–Trinajstić information content (AvgIpc) is 2.45. The largest absolute Gasteiger partial charge is 0.491 e. The Balaban J connectivity index is 2.47. The van der Waals surface area contributed by atoms with Crippen LogP contribution in [0.2, 0.25) is 0 Å². The summed E-state index contributed by atoms with van der Waals surface area (Å²) in [6, 6.07) is 4.73. The highest BCUT2D eigenvalue weighted by Crippen LogP contribution is 2.21. The van der Waals surface area contributed by atoms with E-state index in [4.69, 9.17) is 4.74 Å². The molecule has 5 heteroatoms. The summed E-state index contributed by atoms with van der Waals surface area (Å²) in [5.41, 5.74) is 0.643. The van der Waals surface area contributed by atoms with Crippen molar-refractivity contribution in [1.29, 1.82) is 0 Å². The van der Waals surface area contributed by atoms with Crippen molar-refractivity contribution in [3.05, 3.63) is 24.0 Å². The number of rotatable bonds is 9. The molecule has 0 aliphatic rings. The maximum absolute atomic E-state index is 13.6. The highest BCUT2D eigenvalue weighted by atomic mass is 19.1. The van der Waals surface area contributed by atoms with Crippen LogP contribution in [0.15, 0.2) is 18.2 Å². The van der Waals surface area contributed by atoms with E-state index in [1.807, 2.05) is 6.92 Å². The molecule has 0 bridgehead atoms. The topological polar surface area (TPSA) is 44.7 Å². The second-order valence-corrected chi connectivity index (χ2v) is 4.60. The minimum atomic E-state index is -0.482. The van der Waals surface area contributed by atoms with Crippen molar-refractivity contribution in [2.45, 2.75) is 26.9 Å². The van der Waals surface area contributed by atoms with Crippen LogP contribution in [0.25, 0.3) is 0 Å². The van der Waals surface area contributed by atoms with Crippen molar-refractivity contribution >= 4 is 5.69 Å². The Morgan fingerprint density at radius 3 is 2.55 bits per heavy atom. The zero-order chi connectivity index (χ0) is 15.0. The van der Waals surface area contributed by atoms with Crippen LogP contribution >= 0.6 is 0 Å². The predicted octanol–water partition coefficient (Wildman–Crippen LogP) is 2.34. The number of likely N-dealkylation sites (N-methyl/N-ethyl adjacent to an activating group) is 1. The summed E-state index contributed by atoms with van der Waals surface area (Å²) < 4.78 is 18.8. The molecule has 0 radical (unpaired) electrons. The SMILES string of the molecule is CCOc1ccc(NCC(O)CN(CC)CC)cc1F. The van der Waals surface area contributed by atoms with Gasteiger partial charge in [0.05, 0.1) is 12.7 Å². The van der Waals surface area contributed by atoms with Crippen LogP contribution in [0, 0.1) is 5.82 Å². The second kappa shape index (κ2) is 8.76. The molecule has 0 spiro atoms. The highest BCUT2D eigenvalue weighted by molar-refractivity contribution is 5.47. The minimum Gasteiger partial charge on any atom is -0.491 e. The van der Waals surface area contributed by atoms with E-state index >= 15 is 0 Å². The van der Waals surface area contributed by atoms with Gasteiger partial charge in [0, 0.05) is 24.8 Å². The lowest BCUT2D eigenvalue weighted by atomic mass is 10.2. The minimum absolute atomic E-state index is 0.252. The summed E-state index contributed by atoms with van der Waals surface area (Å²) in [6.07, 6.45) is -0.482. The number of aliphatic hydroxyl groups is 1. The van der Waals surface area contributed by atoms with Crippen LogP contribution in [0.4, 0.5) is 10.1 Å². The zero-order valence-corrected chi connectivity index (χ0v) is 12.5. The van der Waals surface area contributed by atoms with E-state index in [1.54, 1.807) is 12.1 Å². The molecule has 4 nitrogen and oxygen atoms in total. The molecule has 1 aromatic rings. The molecule has 0 heterocycles. The van der Waals surface area contributed by atoms with E-state index in [0.717, 1.165) is 13.1 Å². The van der Waals surface area contributed by atoms with Crippen molar-refractivity contribution in [3.63, 3.8) is 0 Å². The smallest absolute Gasteiger partial charge is 0.167 e. The Bertz CT molecular complexity index is 397. The molecule has 0 saturated heterocycles. The van der Waals surface area contributed by atoms with Gasteiger partial charge < -0.3 is 20.1 Å². The summed E-state index contributed by atoms with van der Waals surface area (Å²) >= 11 is 0. The Morgan fingerprint density at radius 1 is 1.30 bits per heavy atom. The number of aliphatic hydroxyl groups excluding tert-OH is 1. The molecule has 1 unspecified atom stereocenters. The van der Waals surface area contributed by atoms with Crippen LogP contribution < -0.4 is 10.1 Å². The Hall–Kier alpha value is -1.33. The monoisotopic (exact) mass is 284 g/mol. The number of anilines is 1. The first-order chi connectivity index (χ1) is 9.60. The number of halogens is 1. The van der Waals surface area contributed by atoms with Crippen molar-refractivity contribution < 1.29 is 14.2 Å². The van der Waals surface area contributed by atoms with Gasteiger partial charge in [-0.15, -0.1) is 0 Å². The van der Waals surface area contributed by atoms with Gasteiger partial charge in [0.25, 0.3) is 0 Å². The van der Waals surface area contributed by atoms with Crippen LogP contribution in [0.3, 0.4) is 0 Å². The van der Waals surface area contributed by atoms with Crippen LogP contribution in [0.1, 0.15) is 20.8 Å². The Kier molecular flexibility index (Phi) is 7.33. The Morgan fingerprint density at radius 2 is 2.00 bits per heavy atom. The molecule has 0 amide bonds. The first-order valence-electron chi connectivity index (χ1n) is 7.17. The highest BCUT2D eigenvalue weighted by Gasteiger charge is 2.09. The molecule has 0 aliphatic carbocycles. The molecule has 114 valence electrons. The molecular weight excluding hydrogens is 259 g/mol. The van der Waals surface area contributed by atoms with Gasteiger partial charge in [-0.25, -0.2) is 4.39 Å². The molecule has 1 rings (SSSR count). The van der Waals surface area contributed by atoms with E-state index in [-0.39, 0.29) is 5.75 Å². The van der Waals surface area contributed by atoms with Crippen LogP contribution in [0.5, 0.6) is 5.75 Å². The van der Waals surface area contributed by atoms with E-state index in [0.29, 0.717) is 25.4 Å². The molecule has 0 saturated carbocycles. The fourth-order valence-corrected chi connectivity index (χ4v) is 1.96. The third-order valence-corrected chi connectivity index (χ3v) is 3.14. The van der Waals surface area contributed by atoms with E-state index in [1.165, 1.54) is 6.07 Å². The lowest BCUT2D eigenvalue weighted by Gasteiger charge is -2.22. The lowest BCUT2D eigenvalue weighted by molar-refractivity contribution is 0.128. The number of nitrogens with one attached hydrogen (secondary N) is 1. The van der Waals surface area contributed by atoms with Gasteiger partial charge in [-0.3, -0.25) is 0 Å². The number of nitrogens with zero attached hydrogens (tertiary/aromatic N) is 1. The van der Waals surface area contributed by atoms with Gasteiger partial charge >= 0.3 is 0 Å². The van der Waals surface area contributed by atoms with Gasteiger partial charge in [0.2, 0.25) is 0 Å². The fraction of sp³-hybridized carbons (Fsp3) is 0.600. The fourth-order valence-electron chi connectivity index (χ4n) is 1.96. The zero-order valence-electron chi connectivity index (χ0n) is 12.5. The summed E-state index contributed by atoms with van der Waals surface area (Å²) in [6.45, 7) is 9.19. The third kappa shape index (κ3) is 5.35. The van der Waals surface area contributed by atoms with Crippen molar-refractivity contribution in [1.82, 2.24) is 4.90 Å². The van der Waals surface area contributed by atoms with Gasteiger partial charge in [0.1, 0.15) is 0 Å². The van der Waals surface area contributed by atoms with E-state index in [9.17, 15) is 9.50 Å². The maximum atomic E-state index is 13.6. The second-order valence-electron chi connectivity index (χ2n) is 4.60. The third-order valence-electron chi connectivity index (χ3n) is 3.14. The van der Waals surface area contributed by atoms with Gasteiger partial charge in [-0.2, -0.15) is 0 Å². The summed E-state index contributed by atoms with van der Waals surface area (Å²) in [5.74, 6) is -0.142. The molecule has 1 aromatic carbocycles. The number of hydrogen-bond donors (Lipinski definition) is 2. The maximum Gasteiger partial charge on any atom is 0.167 e. The molecule has 0 aliphatic heterocycles. The first kappa shape index (κ1) is 16.7. The normalized spacial score (nSPS) is 12.5. The predicted molar refractivity (Wildman–Crippen MR) is 79.9 cm³/mol. The quantitative estimate of drug-likeness (QED) is 0.730. The molecule has 0 aromatic heterocycles. The van der Waals surface area contributed by atoms with E-state index < -0.39 is 11.9 Å². The van der Waals surface area contributed by atoms with Crippen molar-refractivity contribution in [2.24, 2.45) is 0 Å². The average molecular weight is 284 g/mol. The van der Waals surface area contributed by atoms with E-state index in [2.05, 4.69) is 24.1 Å². The molecule has 20 heavy (non-hydrogen) atoms. The van der Waals surface area contributed by atoms with Crippen LogP contribution in [-0.4, -0.2) is 48.9 Å². The molecular formula is C15H25FN2O2. The standard InChI is InChI=1S/C15H25FN2O2/c1-4-18(5-2)11-13(19)10-17-12-7-8-15(20-6-3)14(16)9-12/h7-9,13,17,19H,4-6,10-11H2,1-3H3. The number of ether oxygens (including phenoxy) is 1. The van der Waals surface area contributed by atoms with Gasteiger partial charge in [-0.05, 0) is 32.1 Å². The van der Waals surface area contributed by atoms with Crippen molar-refractivity contribution in [2.75, 3.05) is 38.1 Å². The number of hydrogen-bond acceptors (Lipinski definition) is 4. The summed E-state index contributed by atoms with van der Waals surface area (Å²) in [5, 5.41) is 13.0. The van der Waals surface area contributed by atoms with Gasteiger partial charge in [-0.1, -0.05) is 13.8 Å². The van der Waals surface area contributed by atoms with Crippen LogP contribution in [-0.2, 0) is 0 Å². The molecule has 1 atom stereocenters. The summed E-state index contributed by atoms with van der Waals surface area (Å²) in [4.78, 5) is 2.14. The molecule has 0 fully saturated rings. The van der Waals surface area contributed by atoms with Gasteiger partial charge in [0.15, 0.2) is 11.6 Å². The number of benzene rings is 1. The lowest BCUT2D eigenvalue weighted by Crippen LogP contribution is -2.35. The summed E-state index contributed by atoms with van der Waals surface area (Å²) in [7, 11) is 0. The first-order valence-corrected chi connectivity index (χ1v) is 7.17. The Labute approximate surface area is 120 Å². The van der Waals surface area contributed by atoms with Crippen molar-refractivity contribution in [3.8, 4) is 5.75 Å². The molecule has 2 N–H and O–H groups in total.